The standard InChI is InChI=1S/C25H20N4O/c1-2-17-12-13-23-20(14-17)22(15-24(30-23)18-8-4-3-5-9-18)28-29-25-19-10-6-7-11-21(19)26-16-27-25/h3-16H,2H2,1H3,(H,26,27,29)/b28-22-. The molecule has 5 nitrogen and oxygen atoms in total. The van der Waals surface area contributed by atoms with E-state index in [9.17, 15) is 0 Å². The molecule has 0 radical (unpaired) electrons. The molecule has 146 valence electrons. The molecule has 30 heavy (non-hydrogen) atoms. The summed E-state index contributed by atoms with van der Waals surface area (Å²) in [6, 6.07) is 26.1. The van der Waals surface area contributed by atoms with Crippen LogP contribution in [-0.4, -0.2) is 9.97 Å². The van der Waals surface area contributed by atoms with Crippen LogP contribution in [0, 0.1) is 0 Å². The normalized spacial score (nSPS) is 11.8. The smallest absolute Gasteiger partial charge is 0.157 e. The average molecular weight is 392 g/mol. The number of aryl methyl sites for hydroxylation is 1. The lowest BCUT2D eigenvalue weighted by Crippen LogP contribution is -2.08. The maximum absolute atomic E-state index is 6.20. The summed E-state index contributed by atoms with van der Waals surface area (Å²) in [6.45, 7) is 2.14. The zero-order valence-corrected chi connectivity index (χ0v) is 16.5. The Bertz CT molecular complexity index is 1400. The highest BCUT2D eigenvalue weighted by Gasteiger charge is 2.07. The van der Waals surface area contributed by atoms with Gasteiger partial charge in [-0.25, -0.2) is 9.97 Å². The summed E-state index contributed by atoms with van der Waals surface area (Å²) in [6.07, 6.45) is 2.49. The first-order chi connectivity index (χ1) is 14.8. The number of fused-ring (bicyclic) bond motifs is 2. The molecule has 5 rings (SSSR count). The molecule has 0 aliphatic rings. The van der Waals surface area contributed by atoms with Crippen molar-refractivity contribution in [2.75, 3.05) is 5.43 Å². The Morgan fingerprint density at radius 3 is 2.57 bits per heavy atom. The van der Waals surface area contributed by atoms with Crippen molar-refractivity contribution in [3.63, 3.8) is 0 Å². The zero-order chi connectivity index (χ0) is 20.3. The van der Waals surface area contributed by atoms with Gasteiger partial charge in [0, 0.05) is 22.4 Å². The Morgan fingerprint density at radius 1 is 0.867 bits per heavy atom. The second kappa shape index (κ2) is 7.79. The molecule has 0 spiro atoms. The molecule has 0 fully saturated rings. The van der Waals surface area contributed by atoms with Crippen LogP contribution in [0.2, 0.25) is 0 Å². The third-order valence-corrected chi connectivity index (χ3v) is 5.10. The van der Waals surface area contributed by atoms with E-state index in [0.29, 0.717) is 5.82 Å². The van der Waals surface area contributed by atoms with Gasteiger partial charge in [0.15, 0.2) is 5.82 Å². The van der Waals surface area contributed by atoms with E-state index in [4.69, 9.17) is 9.52 Å². The van der Waals surface area contributed by atoms with Crippen molar-refractivity contribution in [1.29, 1.82) is 0 Å². The topological polar surface area (TPSA) is 63.3 Å². The van der Waals surface area contributed by atoms with E-state index in [1.165, 1.54) is 5.56 Å². The lowest BCUT2D eigenvalue weighted by atomic mass is 10.1. The van der Waals surface area contributed by atoms with Crippen LogP contribution in [0.3, 0.4) is 0 Å². The van der Waals surface area contributed by atoms with Gasteiger partial charge in [-0.05, 0) is 36.2 Å². The van der Waals surface area contributed by atoms with E-state index in [2.05, 4.69) is 34.5 Å². The SMILES string of the molecule is CCc1ccc2oc(-c3ccccc3)c/c(=N/Nc3ncnc4ccccc34)c2c1. The third-order valence-electron chi connectivity index (χ3n) is 5.10. The number of hydrogen-bond acceptors (Lipinski definition) is 5. The first-order valence-electron chi connectivity index (χ1n) is 9.93. The summed E-state index contributed by atoms with van der Waals surface area (Å²) in [4.78, 5) is 8.69. The fraction of sp³-hybridized carbons (Fsp3) is 0.0800. The summed E-state index contributed by atoms with van der Waals surface area (Å²) in [5.41, 5.74) is 7.04. The molecule has 1 N–H and O–H groups in total. The molecule has 2 aromatic heterocycles. The summed E-state index contributed by atoms with van der Waals surface area (Å²) in [5, 5.41) is 7.40. The largest absolute Gasteiger partial charge is 0.456 e. The van der Waals surface area contributed by atoms with Crippen molar-refractivity contribution in [2.24, 2.45) is 5.10 Å². The Morgan fingerprint density at radius 2 is 1.70 bits per heavy atom. The van der Waals surface area contributed by atoms with Crippen LogP contribution in [-0.2, 0) is 6.42 Å². The van der Waals surface area contributed by atoms with Crippen molar-refractivity contribution in [2.45, 2.75) is 13.3 Å². The fourth-order valence-electron chi connectivity index (χ4n) is 3.48. The Hall–Kier alpha value is -3.99. The number of aromatic nitrogens is 2. The van der Waals surface area contributed by atoms with Crippen molar-refractivity contribution in [1.82, 2.24) is 9.97 Å². The minimum Gasteiger partial charge on any atom is -0.456 e. The van der Waals surface area contributed by atoms with Gasteiger partial charge in [-0.1, -0.05) is 55.5 Å². The van der Waals surface area contributed by atoms with E-state index >= 15 is 0 Å². The fourth-order valence-corrected chi connectivity index (χ4v) is 3.48. The highest BCUT2D eigenvalue weighted by atomic mass is 16.3. The van der Waals surface area contributed by atoms with Gasteiger partial charge in [-0.15, -0.1) is 0 Å². The first-order valence-corrected chi connectivity index (χ1v) is 9.93. The maximum atomic E-state index is 6.20. The van der Waals surface area contributed by atoms with Gasteiger partial charge in [-0.3, -0.25) is 5.43 Å². The van der Waals surface area contributed by atoms with Gasteiger partial charge in [0.2, 0.25) is 0 Å². The van der Waals surface area contributed by atoms with E-state index in [-0.39, 0.29) is 0 Å². The van der Waals surface area contributed by atoms with Crippen LogP contribution in [0.4, 0.5) is 5.82 Å². The Kier molecular flexibility index (Phi) is 4.69. The van der Waals surface area contributed by atoms with E-state index in [1.807, 2.05) is 66.7 Å². The monoisotopic (exact) mass is 392 g/mol. The number of benzene rings is 3. The van der Waals surface area contributed by atoms with Crippen LogP contribution in [0.1, 0.15) is 12.5 Å². The second-order valence-electron chi connectivity index (χ2n) is 7.01. The molecule has 0 amide bonds. The highest BCUT2D eigenvalue weighted by Crippen LogP contribution is 2.23. The molecule has 0 saturated carbocycles. The molecule has 0 aliphatic carbocycles. The number of rotatable bonds is 4. The first kappa shape index (κ1) is 18.1. The number of anilines is 1. The highest BCUT2D eigenvalue weighted by molar-refractivity contribution is 5.88. The average Bonchev–Trinajstić information content (AvgIpc) is 2.82. The molecular formula is C25H20N4O. The summed E-state index contributed by atoms with van der Waals surface area (Å²) < 4.78 is 6.20. The predicted molar refractivity (Wildman–Crippen MR) is 120 cm³/mol. The van der Waals surface area contributed by atoms with Gasteiger partial charge < -0.3 is 4.42 Å². The second-order valence-corrected chi connectivity index (χ2v) is 7.01. The molecule has 0 aliphatic heterocycles. The Balaban J connectivity index is 1.69. The summed E-state index contributed by atoms with van der Waals surface area (Å²) >= 11 is 0. The maximum Gasteiger partial charge on any atom is 0.157 e. The molecule has 0 atom stereocenters. The molecule has 5 heteroatoms. The quantitative estimate of drug-likeness (QED) is 0.408. The molecule has 0 bridgehead atoms. The minimum absolute atomic E-state index is 0.669. The van der Waals surface area contributed by atoms with E-state index in [0.717, 1.165) is 45.0 Å². The summed E-state index contributed by atoms with van der Waals surface area (Å²) in [5.74, 6) is 1.43. The number of nitrogens with zero attached hydrogens (tertiary/aromatic N) is 3. The van der Waals surface area contributed by atoms with Gasteiger partial charge in [-0.2, -0.15) is 5.10 Å². The molecule has 2 heterocycles. The van der Waals surface area contributed by atoms with E-state index < -0.39 is 0 Å². The molecule has 3 aromatic carbocycles. The lowest BCUT2D eigenvalue weighted by Gasteiger charge is -2.07. The van der Waals surface area contributed by atoms with Crippen LogP contribution in [0.15, 0.2) is 94.7 Å². The van der Waals surface area contributed by atoms with Crippen molar-refractivity contribution < 1.29 is 4.42 Å². The van der Waals surface area contributed by atoms with Gasteiger partial charge in [0.25, 0.3) is 0 Å². The molecule has 5 aromatic rings. The van der Waals surface area contributed by atoms with Crippen LogP contribution < -0.4 is 10.8 Å². The lowest BCUT2D eigenvalue weighted by molar-refractivity contribution is 0.618. The van der Waals surface area contributed by atoms with Gasteiger partial charge in [0.05, 0.1) is 10.9 Å². The molecule has 0 unspecified atom stereocenters. The predicted octanol–water partition coefficient (Wildman–Crippen LogP) is 5.53. The van der Waals surface area contributed by atoms with Gasteiger partial charge in [0.1, 0.15) is 17.7 Å². The third kappa shape index (κ3) is 3.42. The van der Waals surface area contributed by atoms with Crippen LogP contribution >= 0.6 is 0 Å². The number of hydrogen-bond donors (Lipinski definition) is 1. The minimum atomic E-state index is 0.669. The van der Waals surface area contributed by atoms with Crippen molar-refractivity contribution in [3.8, 4) is 11.3 Å². The number of para-hydroxylation sites is 1. The van der Waals surface area contributed by atoms with Gasteiger partial charge >= 0.3 is 0 Å². The van der Waals surface area contributed by atoms with E-state index in [1.54, 1.807) is 6.33 Å². The van der Waals surface area contributed by atoms with Crippen LogP contribution in [0.5, 0.6) is 0 Å². The molecular weight excluding hydrogens is 372 g/mol. The van der Waals surface area contributed by atoms with Crippen molar-refractivity contribution >= 4 is 27.7 Å². The number of nitrogens with one attached hydrogen (secondary N) is 1. The van der Waals surface area contributed by atoms with Crippen molar-refractivity contribution in [3.05, 3.63) is 96.1 Å². The zero-order valence-electron chi connectivity index (χ0n) is 16.5. The Labute approximate surface area is 173 Å². The summed E-state index contributed by atoms with van der Waals surface area (Å²) in [7, 11) is 0. The molecule has 0 saturated heterocycles. The van der Waals surface area contributed by atoms with Crippen LogP contribution in [0.25, 0.3) is 33.2 Å².